The lowest BCUT2D eigenvalue weighted by Gasteiger charge is -2.18. The molecule has 0 amide bonds. The quantitative estimate of drug-likeness (QED) is 0.214. The molecule has 6 aromatic carbocycles. The Hall–Kier alpha value is -5.80. The van der Waals surface area contributed by atoms with Gasteiger partial charge in [-0.3, -0.25) is 4.57 Å². The van der Waals surface area contributed by atoms with E-state index in [4.69, 9.17) is 9.97 Å². The van der Waals surface area contributed by atoms with Crippen LogP contribution in [0.5, 0.6) is 0 Å². The number of hydrogen-bond acceptors (Lipinski definition) is 2. The van der Waals surface area contributed by atoms with Crippen LogP contribution >= 0.6 is 0 Å². The molecule has 0 radical (unpaired) electrons. The second-order valence-corrected chi connectivity index (χ2v) is 11.4. The van der Waals surface area contributed by atoms with E-state index in [1.807, 2.05) is 12.1 Å². The molecule has 0 bridgehead atoms. The lowest BCUT2D eigenvalue weighted by molar-refractivity contribution is 0.969. The number of benzene rings is 6. The Balaban J connectivity index is 1.42. The zero-order valence-electron chi connectivity index (χ0n) is 23.9. The molecule has 1 unspecified atom stereocenters. The van der Waals surface area contributed by atoms with Crippen molar-refractivity contribution in [2.75, 3.05) is 0 Å². The SMILES string of the molecule is c1ccc(-c2cc(-c3ccccc3)nc(-n3c4ccccc4c4ccc5c(c43)C(c3ccccc3)c3ccccc3-5)n2)cc1. The van der Waals surface area contributed by atoms with Crippen LogP contribution in [-0.2, 0) is 0 Å². The third kappa shape index (κ3) is 3.76. The summed E-state index contributed by atoms with van der Waals surface area (Å²) in [6.45, 7) is 0. The molecule has 1 atom stereocenters. The number of aromatic nitrogens is 3. The van der Waals surface area contributed by atoms with Gasteiger partial charge in [0, 0.05) is 27.8 Å². The van der Waals surface area contributed by atoms with E-state index >= 15 is 0 Å². The molecule has 0 fully saturated rings. The molecule has 1 aliphatic carbocycles. The Labute approximate surface area is 255 Å². The molecule has 3 heteroatoms. The minimum Gasteiger partial charge on any atom is -0.278 e. The maximum Gasteiger partial charge on any atom is 0.235 e. The summed E-state index contributed by atoms with van der Waals surface area (Å²) in [5, 5.41) is 2.41. The van der Waals surface area contributed by atoms with Gasteiger partial charge < -0.3 is 0 Å². The van der Waals surface area contributed by atoms with E-state index in [0.29, 0.717) is 5.95 Å². The second kappa shape index (κ2) is 9.89. The van der Waals surface area contributed by atoms with Gasteiger partial charge in [-0.15, -0.1) is 0 Å². The molecule has 9 rings (SSSR count). The van der Waals surface area contributed by atoms with Crippen LogP contribution in [0.2, 0.25) is 0 Å². The number of hydrogen-bond donors (Lipinski definition) is 0. The van der Waals surface area contributed by atoms with E-state index in [2.05, 4.69) is 150 Å². The normalized spacial score (nSPS) is 13.7. The lowest BCUT2D eigenvalue weighted by Crippen LogP contribution is -2.07. The number of rotatable bonds is 4. The van der Waals surface area contributed by atoms with Crippen LogP contribution < -0.4 is 0 Å². The third-order valence-electron chi connectivity index (χ3n) is 8.91. The van der Waals surface area contributed by atoms with Crippen molar-refractivity contribution in [3.63, 3.8) is 0 Å². The molecule has 206 valence electrons. The highest BCUT2D eigenvalue weighted by atomic mass is 15.2. The van der Waals surface area contributed by atoms with Gasteiger partial charge in [0.25, 0.3) is 0 Å². The average Bonchev–Trinajstić information content (AvgIpc) is 3.62. The monoisotopic (exact) mass is 561 g/mol. The van der Waals surface area contributed by atoms with Gasteiger partial charge >= 0.3 is 0 Å². The van der Waals surface area contributed by atoms with E-state index in [-0.39, 0.29) is 5.92 Å². The summed E-state index contributed by atoms with van der Waals surface area (Å²) in [6.07, 6.45) is 0. The molecule has 2 heterocycles. The van der Waals surface area contributed by atoms with Crippen LogP contribution in [0.4, 0.5) is 0 Å². The van der Waals surface area contributed by atoms with Crippen LogP contribution in [0.15, 0.2) is 158 Å². The summed E-state index contributed by atoms with van der Waals surface area (Å²) in [5.41, 5.74) is 12.7. The highest BCUT2D eigenvalue weighted by Crippen LogP contribution is 2.52. The Morgan fingerprint density at radius 3 is 1.77 bits per heavy atom. The predicted molar refractivity (Wildman–Crippen MR) is 180 cm³/mol. The first-order chi connectivity index (χ1) is 21.8. The average molecular weight is 562 g/mol. The van der Waals surface area contributed by atoms with Crippen molar-refractivity contribution in [1.82, 2.24) is 14.5 Å². The smallest absolute Gasteiger partial charge is 0.235 e. The van der Waals surface area contributed by atoms with Crippen molar-refractivity contribution in [3.8, 4) is 39.6 Å². The van der Waals surface area contributed by atoms with E-state index in [1.54, 1.807) is 0 Å². The maximum absolute atomic E-state index is 5.30. The fraction of sp³-hybridized carbons (Fsp3) is 0.0244. The van der Waals surface area contributed by atoms with Gasteiger partial charge in [-0.25, -0.2) is 9.97 Å². The molecule has 44 heavy (non-hydrogen) atoms. The van der Waals surface area contributed by atoms with Gasteiger partial charge in [-0.2, -0.15) is 0 Å². The molecule has 8 aromatic rings. The van der Waals surface area contributed by atoms with Crippen LogP contribution in [0, 0.1) is 0 Å². The zero-order valence-corrected chi connectivity index (χ0v) is 23.9. The fourth-order valence-corrected chi connectivity index (χ4v) is 7.01. The van der Waals surface area contributed by atoms with Crippen LogP contribution in [0.25, 0.3) is 61.4 Å². The van der Waals surface area contributed by atoms with Gasteiger partial charge in [0.1, 0.15) is 0 Å². The summed E-state index contributed by atoms with van der Waals surface area (Å²) < 4.78 is 2.31. The number of fused-ring (bicyclic) bond motifs is 7. The summed E-state index contributed by atoms with van der Waals surface area (Å²) in [4.78, 5) is 10.6. The Morgan fingerprint density at radius 2 is 1.07 bits per heavy atom. The first-order valence-corrected chi connectivity index (χ1v) is 15.1. The second-order valence-electron chi connectivity index (χ2n) is 11.4. The standard InChI is InChI=1S/C41H27N3/c1-4-14-27(15-5-1)35-26-36(28-16-6-2-7-17-28)43-41(42-35)44-37-23-13-12-21-31(37)34-25-24-33-30-20-10-11-22-32(30)38(39(33)40(34)44)29-18-8-3-9-19-29/h1-26,38H. The molecule has 2 aromatic heterocycles. The minimum absolute atomic E-state index is 0.0973. The Morgan fingerprint density at radius 1 is 0.477 bits per heavy atom. The topological polar surface area (TPSA) is 30.7 Å². The first-order valence-electron chi connectivity index (χ1n) is 15.1. The predicted octanol–water partition coefficient (Wildman–Crippen LogP) is 10.1. The zero-order chi connectivity index (χ0) is 29.0. The molecule has 3 nitrogen and oxygen atoms in total. The van der Waals surface area contributed by atoms with Gasteiger partial charge in [0.05, 0.1) is 22.4 Å². The molecule has 0 N–H and O–H groups in total. The van der Waals surface area contributed by atoms with E-state index in [1.165, 1.54) is 38.6 Å². The minimum atomic E-state index is 0.0973. The van der Waals surface area contributed by atoms with Gasteiger partial charge in [0.2, 0.25) is 5.95 Å². The van der Waals surface area contributed by atoms with Crippen molar-refractivity contribution in [2.24, 2.45) is 0 Å². The highest BCUT2D eigenvalue weighted by Gasteiger charge is 2.34. The first kappa shape index (κ1) is 24.8. The Kier molecular flexibility index (Phi) is 5.57. The van der Waals surface area contributed by atoms with Crippen molar-refractivity contribution in [3.05, 3.63) is 174 Å². The molecule has 0 saturated heterocycles. The highest BCUT2D eigenvalue weighted by molar-refractivity contribution is 6.12. The Bertz CT molecular complexity index is 2260. The van der Waals surface area contributed by atoms with E-state index < -0.39 is 0 Å². The summed E-state index contributed by atoms with van der Waals surface area (Å²) >= 11 is 0. The lowest BCUT2D eigenvalue weighted by atomic mass is 9.88. The van der Waals surface area contributed by atoms with Crippen molar-refractivity contribution in [2.45, 2.75) is 5.92 Å². The summed E-state index contributed by atoms with van der Waals surface area (Å²) in [7, 11) is 0. The van der Waals surface area contributed by atoms with E-state index in [9.17, 15) is 0 Å². The number of para-hydroxylation sites is 1. The molecular formula is C41H27N3. The van der Waals surface area contributed by atoms with Crippen molar-refractivity contribution in [1.29, 1.82) is 0 Å². The molecule has 0 aliphatic heterocycles. The van der Waals surface area contributed by atoms with Gasteiger partial charge in [0.15, 0.2) is 0 Å². The van der Waals surface area contributed by atoms with Crippen LogP contribution in [-0.4, -0.2) is 14.5 Å². The van der Waals surface area contributed by atoms with Gasteiger partial charge in [-0.1, -0.05) is 146 Å². The van der Waals surface area contributed by atoms with Gasteiger partial charge in [-0.05, 0) is 39.9 Å². The van der Waals surface area contributed by atoms with Crippen LogP contribution in [0.1, 0.15) is 22.6 Å². The van der Waals surface area contributed by atoms with Crippen molar-refractivity contribution < 1.29 is 0 Å². The summed E-state index contributed by atoms with van der Waals surface area (Å²) in [5.74, 6) is 0.771. The molecular weight excluding hydrogens is 534 g/mol. The maximum atomic E-state index is 5.30. The van der Waals surface area contributed by atoms with E-state index in [0.717, 1.165) is 33.5 Å². The summed E-state index contributed by atoms with van der Waals surface area (Å²) in [6, 6.07) is 55.9. The largest absolute Gasteiger partial charge is 0.278 e. The molecule has 0 spiro atoms. The fourth-order valence-electron chi connectivity index (χ4n) is 7.01. The third-order valence-corrected chi connectivity index (χ3v) is 8.91. The molecule has 0 saturated carbocycles. The van der Waals surface area contributed by atoms with Crippen LogP contribution in [0.3, 0.4) is 0 Å². The van der Waals surface area contributed by atoms with Crippen molar-refractivity contribution >= 4 is 21.8 Å². The molecule has 1 aliphatic rings. The number of nitrogens with zero attached hydrogens (tertiary/aromatic N) is 3.